The van der Waals surface area contributed by atoms with Gasteiger partial charge in [0.25, 0.3) is 5.19 Å². The van der Waals surface area contributed by atoms with Crippen molar-refractivity contribution in [1.29, 1.82) is 0 Å². The van der Waals surface area contributed by atoms with Crippen LogP contribution in [0, 0.1) is 0 Å². The molecule has 0 aliphatic heterocycles. The minimum atomic E-state index is 0.610. The van der Waals surface area contributed by atoms with Gasteiger partial charge in [0, 0.05) is 11.5 Å². The molecule has 0 radical (unpaired) electrons. The predicted octanol–water partition coefficient (Wildman–Crippen LogP) is 2.28. The molecule has 0 bridgehead atoms. The second-order valence-corrected chi connectivity index (χ2v) is 3.73. The first-order valence-corrected chi connectivity index (χ1v) is 4.97. The summed E-state index contributed by atoms with van der Waals surface area (Å²) < 4.78 is 9.09. The minimum absolute atomic E-state index is 0.610. The van der Waals surface area contributed by atoms with E-state index in [1.54, 1.807) is 18.4 Å². The van der Waals surface area contributed by atoms with Gasteiger partial charge in [-0.05, 0) is 11.4 Å². The summed E-state index contributed by atoms with van der Waals surface area (Å²) >= 11 is 2.90. The van der Waals surface area contributed by atoms with Crippen molar-refractivity contribution in [2.45, 2.75) is 0 Å². The summed E-state index contributed by atoms with van der Waals surface area (Å²) in [6, 6.07) is 3.97. The van der Waals surface area contributed by atoms with Crippen LogP contribution >= 0.6 is 22.9 Å². The normalized spacial score (nSPS) is 10.1. The minimum Gasteiger partial charge on any atom is -0.472 e. The van der Waals surface area contributed by atoms with E-state index >= 15 is 0 Å². The monoisotopic (exact) mass is 198 g/mol. The zero-order valence-electron chi connectivity index (χ0n) is 6.35. The van der Waals surface area contributed by atoms with Crippen LogP contribution in [0.2, 0.25) is 0 Å². The smallest absolute Gasteiger partial charge is 0.293 e. The van der Waals surface area contributed by atoms with Crippen molar-refractivity contribution < 1.29 is 4.74 Å². The maximum atomic E-state index is 4.94. The zero-order valence-corrected chi connectivity index (χ0v) is 7.98. The lowest BCUT2D eigenvalue weighted by Gasteiger charge is -1.86. The van der Waals surface area contributed by atoms with Crippen molar-refractivity contribution in [3.05, 3.63) is 17.5 Å². The zero-order chi connectivity index (χ0) is 8.39. The molecule has 12 heavy (non-hydrogen) atoms. The highest BCUT2D eigenvalue weighted by Crippen LogP contribution is 2.25. The van der Waals surface area contributed by atoms with E-state index in [2.05, 4.69) is 9.36 Å². The molecule has 0 spiro atoms. The van der Waals surface area contributed by atoms with E-state index in [1.165, 1.54) is 11.5 Å². The molecule has 2 aromatic rings. The first-order valence-electron chi connectivity index (χ1n) is 3.32. The van der Waals surface area contributed by atoms with Gasteiger partial charge in [0.05, 0.1) is 12.0 Å². The number of hydrogen-bond acceptors (Lipinski definition) is 5. The van der Waals surface area contributed by atoms with Crippen LogP contribution in [0.3, 0.4) is 0 Å². The SMILES string of the molecule is COc1nc(-c2cccs2)ns1. The highest BCUT2D eigenvalue weighted by molar-refractivity contribution is 7.13. The molecule has 0 aromatic carbocycles. The molecule has 0 atom stereocenters. The van der Waals surface area contributed by atoms with Crippen molar-refractivity contribution in [1.82, 2.24) is 9.36 Å². The molecule has 3 nitrogen and oxygen atoms in total. The molecule has 62 valence electrons. The van der Waals surface area contributed by atoms with E-state index in [4.69, 9.17) is 4.74 Å². The fourth-order valence-corrected chi connectivity index (χ4v) is 2.02. The molecule has 0 amide bonds. The third-order valence-corrected chi connectivity index (χ3v) is 2.87. The van der Waals surface area contributed by atoms with Crippen LogP contribution in [-0.2, 0) is 0 Å². The number of nitrogens with zero attached hydrogens (tertiary/aromatic N) is 2. The third kappa shape index (κ3) is 1.33. The Morgan fingerprint density at radius 3 is 3.00 bits per heavy atom. The van der Waals surface area contributed by atoms with Crippen LogP contribution < -0.4 is 4.74 Å². The second kappa shape index (κ2) is 3.20. The lowest BCUT2D eigenvalue weighted by atomic mass is 10.4. The van der Waals surface area contributed by atoms with Crippen LogP contribution in [0.25, 0.3) is 10.7 Å². The summed E-state index contributed by atoms with van der Waals surface area (Å²) in [4.78, 5) is 5.25. The van der Waals surface area contributed by atoms with Gasteiger partial charge in [-0.1, -0.05) is 6.07 Å². The molecule has 5 heteroatoms. The molecule has 2 aromatic heterocycles. The molecule has 0 saturated carbocycles. The highest BCUT2D eigenvalue weighted by Gasteiger charge is 2.06. The molecule has 0 saturated heterocycles. The van der Waals surface area contributed by atoms with Gasteiger partial charge in [-0.25, -0.2) is 0 Å². The average Bonchev–Trinajstić information content (AvgIpc) is 2.75. The van der Waals surface area contributed by atoms with Crippen molar-refractivity contribution >= 4 is 22.9 Å². The van der Waals surface area contributed by atoms with E-state index in [-0.39, 0.29) is 0 Å². The summed E-state index contributed by atoms with van der Waals surface area (Å²) in [6.07, 6.45) is 0. The van der Waals surface area contributed by atoms with Crippen LogP contribution in [0.1, 0.15) is 0 Å². The van der Waals surface area contributed by atoms with E-state index in [9.17, 15) is 0 Å². The molecular weight excluding hydrogens is 192 g/mol. The largest absolute Gasteiger partial charge is 0.472 e. The van der Waals surface area contributed by atoms with Gasteiger partial charge < -0.3 is 4.74 Å². The summed E-state index contributed by atoms with van der Waals surface area (Å²) in [5.41, 5.74) is 0. The molecule has 0 aliphatic rings. The fourth-order valence-electron chi connectivity index (χ4n) is 0.798. The van der Waals surface area contributed by atoms with Crippen molar-refractivity contribution in [2.75, 3.05) is 7.11 Å². The Labute approximate surface area is 77.8 Å². The Morgan fingerprint density at radius 1 is 1.50 bits per heavy atom. The molecule has 0 fully saturated rings. The summed E-state index contributed by atoms with van der Waals surface area (Å²) in [6.45, 7) is 0. The lowest BCUT2D eigenvalue weighted by Crippen LogP contribution is -1.80. The first kappa shape index (κ1) is 7.70. The molecule has 2 heterocycles. The van der Waals surface area contributed by atoms with Gasteiger partial charge in [0.15, 0.2) is 5.82 Å². The van der Waals surface area contributed by atoms with E-state index in [1.807, 2.05) is 17.5 Å². The van der Waals surface area contributed by atoms with E-state index < -0.39 is 0 Å². The summed E-state index contributed by atoms with van der Waals surface area (Å²) in [5, 5.41) is 2.61. The molecule has 0 N–H and O–H groups in total. The van der Waals surface area contributed by atoms with Gasteiger partial charge in [0.1, 0.15) is 0 Å². The molecule has 2 rings (SSSR count). The van der Waals surface area contributed by atoms with Crippen LogP contribution in [0.15, 0.2) is 17.5 Å². The van der Waals surface area contributed by atoms with E-state index in [0.29, 0.717) is 5.19 Å². The van der Waals surface area contributed by atoms with E-state index in [0.717, 1.165) is 10.7 Å². The Morgan fingerprint density at radius 2 is 2.42 bits per heavy atom. The molecule has 0 unspecified atom stereocenters. The van der Waals surface area contributed by atoms with Crippen LogP contribution in [-0.4, -0.2) is 16.5 Å². The number of rotatable bonds is 2. The highest BCUT2D eigenvalue weighted by atomic mass is 32.1. The number of methoxy groups -OCH3 is 1. The molecular formula is C7H6N2OS2. The van der Waals surface area contributed by atoms with Gasteiger partial charge in [-0.15, -0.1) is 11.3 Å². The van der Waals surface area contributed by atoms with Gasteiger partial charge in [0.2, 0.25) is 0 Å². The number of aromatic nitrogens is 2. The Hall–Kier alpha value is -0.940. The topological polar surface area (TPSA) is 35.0 Å². The van der Waals surface area contributed by atoms with Crippen LogP contribution in [0.4, 0.5) is 0 Å². The summed E-state index contributed by atoms with van der Waals surface area (Å²) in [7, 11) is 1.60. The summed E-state index contributed by atoms with van der Waals surface area (Å²) in [5.74, 6) is 0.756. The average molecular weight is 198 g/mol. The number of ether oxygens (including phenoxy) is 1. The van der Waals surface area contributed by atoms with Crippen molar-refractivity contribution in [3.63, 3.8) is 0 Å². The van der Waals surface area contributed by atoms with Crippen molar-refractivity contribution in [3.8, 4) is 15.9 Å². The second-order valence-electron chi connectivity index (χ2n) is 2.07. The van der Waals surface area contributed by atoms with Gasteiger partial charge in [-0.2, -0.15) is 9.36 Å². The van der Waals surface area contributed by atoms with Gasteiger partial charge in [-0.3, -0.25) is 0 Å². The maximum absolute atomic E-state index is 4.94. The number of hydrogen-bond donors (Lipinski definition) is 0. The number of thiophene rings is 1. The Balaban J connectivity index is 2.35. The fraction of sp³-hybridized carbons (Fsp3) is 0.143. The molecule has 0 aliphatic carbocycles. The lowest BCUT2D eigenvalue weighted by molar-refractivity contribution is 0.412. The predicted molar refractivity (Wildman–Crippen MR) is 49.8 cm³/mol. The first-order chi connectivity index (χ1) is 5.90. The van der Waals surface area contributed by atoms with Crippen molar-refractivity contribution in [2.24, 2.45) is 0 Å². The standard InChI is InChI=1S/C7H6N2OS2/c1-10-7-8-6(9-12-7)5-3-2-4-11-5/h2-4H,1H3. The Kier molecular flexibility index (Phi) is 2.05. The Bertz CT molecular complexity index is 355. The quantitative estimate of drug-likeness (QED) is 0.742. The van der Waals surface area contributed by atoms with Gasteiger partial charge >= 0.3 is 0 Å². The maximum Gasteiger partial charge on any atom is 0.293 e. The third-order valence-electron chi connectivity index (χ3n) is 1.32. The van der Waals surface area contributed by atoms with Crippen LogP contribution in [0.5, 0.6) is 5.19 Å².